The monoisotopic (exact) mass is 426 g/mol. The number of alkyl halides is 3. The van der Waals surface area contributed by atoms with Gasteiger partial charge < -0.3 is 15.5 Å². The number of carbonyl (C=O) groups is 2. The van der Waals surface area contributed by atoms with Crippen LogP contribution in [0.5, 0.6) is 0 Å². The molecule has 29 heavy (non-hydrogen) atoms. The summed E-state index contributed by atoms with van der Waals surface area (Å²) in [7, 11) is 0. The van der Waals surface area contributed by atoms with Crippen molar-refractivity contribution in [1.29, 1.82) is 0 Å². The molecule has 1 aliphatic rings. The molecule has 156 valence electrons. The first-order valence-corrected chi connectivity index (χ1v) is 10.0. The van der Waals surface area contributed by atoms with Crippen molar-refractivity contribution in [3.05, 3.63) is 46.3 Å². The molecule has 1 fully saturated rings. The van der Waals surface area contributed by atoms with Crippen molar-refractivity contribution < 1.29 is 22.8 Å². The number of thiophene rings is 1. The number of carbonyl (C=O) groups excluding carboxylic acids is 2. The molecule has 2 amide bonds. The molecule has 0 aromatic carbocycles. The van der Waals surface area contributed by atoms with E-state index < -0.39 is 17.8 Å². The lowest BCUT2D eigenvalue weighted by Gasteiger charge is -2.33. The van der Waals surface area contributed by atoms with Crippen LogP contribution in [0.25, 0.3) is 0 Å². The Morgan fingerprint density at radius 1 is 1.24 bits per heavy atom. The van der Waals surface area contributed by atoms with E-state index in [0.29, 0.717) is 36.6 Å². The summed E-state index contributed by atoms with van der Waals surface area (Å²) >= 11 is 1.30. The highest BCUT2D eigenvalue weighted by atomic mass is 32.1. The van der Waals surface area contributed by atoms with E-state index in [0.717, 1.165) is 12.3 Å². The molecule has 3 rings (SSSR count). The summed E-state index contributed by atoms with van der Waals surface area (Å²) < 4.78 is 37.9. The second-order valence-corrected chi connectivity index (χ2v) is 7.79. The number of aromatic nitrogens is 1. The van der Waals surface area contributed by atoms with Gasteiger partial charge in [0.15, 0.2) is 0 Å². The van der Waals surface area contributed by atoms with Gasteiger partial charge in [-0.1, -0.05) is 6.07 Å². The third kappa shape index (κ3) is 5.47. The number of anilines is 1. The molecule has 0 saturated carbocycles. The molecule has 0 spiro atoms. The fourth-order valence-corrected chi connectivity index (χ4v) is 3.69. The zero-order chi connectivity index (χ0) is 21.0. The number of pyridine rings is 1. The van der Waals surface area contributed by atoms with Crippen LogP contribution >= 0.6 is 11.3 Å². The fourth-order valence-electron chi connectivity index (χ4n) is 3.06. The van der Waals surface area contributed by atoms with Crippen molar-refractivity contribution in [2.45, 2.75) is 38.0 Å². The number of hydrogen-bond donors (Lipinski definition) is 2. The summed E-state index contributed by atoms with van der Waals surface area (Å²) in [4.78, 5) is 30.7. The van der Waals surface area contributed by atoms with Gasteiger partial charge in [-0.2, -0.15) is 13.2 Å². The third-order valence-electron chi connectivity index (χ3n) is 4.73. The summed E-state index contributed by atoms with van der Waals surface area (Å²) in [5, 5.41) is 7.39. The van der Waals surface area contributed by atoms with Crippen LogP contribution < -0.4 is 15.5 Å². The Morgan fingerprint density at radius 2 is 1.97 bits per heavy atom. The maximum Gasteiger partial charge on any atom is 0.417 e. The van der Waals surface area contributed by atoms with E-state index >= 15 is 0 Å². The largest absolute Gasteiger partial charge is 0.417 e. The first kappa shape index (κ1) is 21.1. The average Bonchev–Trinajstić information content (AvgIpc) is 3.23. The summed E-state index contributed by atoms with van der Waals surface area (Å²) in [6.07, 6.45) is -2.29. The summed E-state index contributed by atoms with van der Waals surface area (Å²) in [5.74, 6) is -0.0637. The van der Waals surface area contributed by atoms with Gasteiger partial charge in [0.05, 0.1) is 10.4 Å². The molecule has 0 bridgehead atoms. The molecule has 1 atom stereocenters. The Bertz CT molecular complexity index is 832. The number of rotatable bonds is 5. The molecule has 10 heteroatoms. The van der Waals surface area contributed by atoms with E-state index in [-0.39, 0.29) is 17.9 Å². The molecule has 1 aliphatic heterocycles. The molecule has 2 N–H and O–H groups in total. The van der Waals surface area contributed by atoms with Gasteiger partial charge in [-0.25, -0.2) is 4.98 Å². The second-order valence-electron chi connectivity index (χ2n) is 6.85. The zero-order valence-electron chi connectivity index (χ0n) is 15.7. The predicted molar refractivity (Wildman–Crippen MR) is 104 cm³/mol. The third-order valence-corrected chi connectivity index (χ3v) is 5.60. The standard InChI is InChI=1S/C19H21F3N4O2S/c1-12(24-18(28)15-3-2-10-29-15)17(27)25-14-6-8-26(9-7-14)16-5-4-13(11-23-16)19(20,21)22/h2-5,10-12,14H,6-9H2,1H3,(H,24,28)(H,25,27)/t12-/m0/s1. The van der Waals surface area contributed by atoms with Gasteiger partial charge in [-0.15, -0.1) is 11.3 Å². The van der Waals surface area contributed by atoms with Gasteiger partial charge in [-0.05, 0) is 43.3 Å². The number of piperidine rings is 1. The van der Waals surface area contributed by atoms with Crippen LogP contribution in [0.2, 0.25) is 0 Å². The Kier molecular flexibility index (Phi) is 6.41. The van der Waals surface area contributed by atoms with Crippen molar-refractivity contribution in [1.82, 2.24) is 15.6 Å². The van der Waals surface area contributed by atoms with Gasteiger partial charge in [0.2, 0.25) is 5.91 Å². The Labute approximate surface area is 170 Å². The van der Waals surface area contributed by atoms with Crippen molar-refractivity contribution in [2.75, 3.05) is 18.0 Å². The smallest absolute Gasteiger partial charge is 0.356 e. The van der Waals surface area contributed by atoms with Crippen LogP contribution in [-0.4, -0.2) is 42.0 Å². The summed E-state index contributed by atoms with van der Waals surface area (Å²) in [6, 6.07) is 5.12. The molecule has 2 aromatic rings. The molecular weight excluding hydrogens is 405 g/mol. The molecular formula is C19H21F3N4O2S. The molecule has 2 aromatic heterocycles. The number of amides is 2. The van der Waals surface area contributed by atoms with Crippen molar-refractivity contribution >= 4 is 29.0 Å². The molecule has 0 aliphatic carbocycles. The van der Waals surface area contributed by atoms with Crippen LogP contribution in [0.15, 0.2) is 35.8 Å². The van der Waals surface area contributed by atoms with E-state index in [1.54, 1.807) is 24.4 Å². The first-order chi connectivity index (χ1) is 13.7. The lowest BCUT2D eigenvalue weighted by atomic mass is 10.0. The van der Waals surface area contributed by atoms with Crippen LogP contribution in [0.3, 0.4) is 0 Å². The molecule has 0 radical (unpaired) electrons. The minimum atomic E-state index is -4.40. The van der Waals surface area contributed by atoms with E-state index in [9.17, 15) is 22.8 Å². The van der Waals surface area contributed by atoms with Gasteiger partial charge >= 0.3 is 6.18 Å². The zero-order valence-corrected chi connectivity index (χ0v) is 16.5. The van der Waals surface area contributed by atoms with Crippen molar-refractivity contribution in [3.8, 4) is 0 Å². The summed E-state index contributed by atoms with van der Waals surface area (Å²) in [5.41, 5.74) is -0.776. The van der Waals surface area contributed by atoms with Crippen LogP contribution in [0.4, 0.5) is 19.0 Å². The normalized spacial score (nSPS) is 16.3. The second kappa shape index (κ2) is 8.81. The Morgan fingerprint density at radius 3 is 2.52 bits per heavy atom. The maximum atomic E-state index is 12.6. The van der Waals surface area contributed by atoms with Gasteiger partial charge in [-0.3, -0.25) is 9.59 Å². The van der Waals surface area contributed by atoms with Crippen LogP contribution in [-0.2, 0) is 11.0 Å². The molecule has 6 nitrogen and oxygen atoms in total. The quantitative estimate of drug-likeness (QED) is 0.771. The molecule has 3 heterocycles. The van der Waals surface area contributed by atoms with Crippen LogP contribution in [0, 0.1) is 0 Å². The minimum absolute atomic E-state index is 0.0608. The number of nitrogens with one attached hydrogen (secondary N) is 2. The number of nitrogens with zero attached hydrogens (tertiary/aromatic N) is 2. The number of hydrogen-bond acceptors (Lipinski definition) is 5. The fraction of sp³-hybridized carbons (Fsp3) is 0.421. The first-order valence-electron chi connectivity index (χ1n) is 9.17. The SMILES string of the molecule is C[C@H](NC(=O)c1cccs1)C(=O)NC1CCN(c2ccc(C(F)(F)F)cn2)CC1. The van der Waals surface area contributed by atoms with Gasteiger partial charge in [0.1, 0.15) is 11.9 Å². The minimum Gasteiger partial charge on any atom is -0.356 e. The highest BCUT2D eigenvalue weighted by molar-refractivity contribution is 7.12. The highest BCUT2D eigenvalue weighted by Crippen LogP contribution is 2.29. The van der Waals surface area contributed by atoms with E-state index in [4.69, 9.17) is 0 Å². The van der Waals surface area contributed by atoms with Crippen molar-refractivity contribution in [3.63, 3.8) is 0 Å². The topological polar surface area (TPSA) is 74.3 Å². The van der Waals surface area contributed by atoms with Crippen LogP contribution in [0.1, 0.15) is 35.0 Å². The van der Waals surface area contributed by atoms with Gasteiger partial charge in [0, 0.05) is 25.3 Å². The maximum absolute atomic E-state index is 12.6. The van der Waals surface area contributed by atoms with Gasteiger partial charge in [0.25, 0.3) is 5.91 Å². The number of halogens is 3. The lowest BCUT2D eigenvalue weighted by molar-refractivity contribution is -0.137. The molecule has 0 unspecified atom stereocenters. The van der Waals surface area contributed by atoms with E-state index in [1.165, 1.54) is 17.4 Å². The van der Waals surface area contributed by atoms with E-state index in [1.807, 2.05) is 4.90 Å². The summed E-state index contributed by atoms with van der Waals surface area (Å²) in [6.45, 7) is 2.76. The Hall–Kier alpha value is -2.62. The van der Waals surface area contributed by atoms with E-state index in [2.05, 4.69) is 15.6 Å². The highest BCUT2D eigenvalue weighted by Gasteiger charge is 2.31. The lowest BCUT2D eigenvalue weighted by Crippen LogP contribution is -2.51. The molecule has 1 saturated heterocycles. The van der Waals surface area contributed by atoms with Crippen molar-refractivity contribution in [2.24, 2.45) is 0 Å². The predicted octanol–water partition coefficient (Wildman–Crippen LogP) is 3.07. The average molecular weight is 426 g/mol. The Balaban J connectivity index is 1.46.